The Morgan fingerprint density at radius 2 is 2.19 bits per heavy atom. The third-order valence-electron chi connectivity index (χ3n) is 2.96. The number of tetrazole rings is 1. The molecule has 0 saturated carbocycles. The first-order valence-corrected chi connectivity index (χ1v) is 6.84. The standard InChI is InChI=1S/C14H17FN4O2/c1-2-9-19-13(16-17-18-19)10-21-14(20)8-7-11-5-3-4-6-12(11)15/h3-6H,2,7-10H2,1H3. The molecule has 2 rings (SSSR count). The molecule has 0 saturated heterocycles. The summed E-state index contributed by atoms with van der Waals surface area (Å²) in [5.74, 6) is -0.197. The van der Waals surface area contributed by atoms with Gasteiger partial charge in [0.05, 0.1) is 0 Å². The van der Waals surface area contributed by atoms with Gasteiger partial charge in [-0.1, -0.05) is 25.1 Å². The summed E-state index contributed by atoms with van der Waals surface area (Å²) in [6, 6.07) is 6.39. The number of esters is 1. The van der Waals surface area contributed by atoms with Crippen molar-refractivity contribution < 1.29 is 13.9 Å². The summed E-state index contributed by atoms with van der Waals surface area (Å²) in [5, 5.41) is 11.2. The molecule has 2 aromatic rings. The topological polar surface area (TPSA) is 69.9 Å². The SMILES string of the molecule is CCCn1nnnc1COC(=O)CCc1ccccc1F. The van der Waals surface area contributed by atoms with Gasteiger partial charge in [-0.25, -0.2) is 9.07 Å². The van der Waals surface area contributed by atoms with E-state index < -0.39 is 5.97 Å². The Morgan fingerprint density at radius 3 is 2.95 bits per heavy atom. The molecule has 21 heavy (non-hydrogen) atoms. The Balaban J connectivity index is 1.80. The van der Waals surface area contributed by atoms with Crippen molar-refractivity contribution in [3.8, 4) is 0 Å². The Hall–Kier alpha value is -2.31. The van der Waals surface area contributed by atoms with Crippen LogP contribution in [0.15, 0.2) is 24.3 Å². The van der Waals surface area contributed by atoms with Crippen LogP contribution in [0.4, 0.5) is 4.39 Å². The normalized spacial score (nSPS) is 10.6. The third-order valence-corrected chi connectivity index (χ3v) is 2.96. The molecule has 0 radical (unpaired) electrons. The number of carbonyl (C=O) groups excluding carboxylic acids is 1. The third kappa shape index (κ3) is 4.34. The van der Waals surface area contributed by atoms with Crippen LogP contribution in [-0.4, -0.2) is 26.2 Å². The van der Waals surface area contributed by atoms with E-state index in [1.54, 1.807) is 22.9 Å². The van der Waals surface area contributed by atoms with Gasteiger partial charge in [-0.05, 0) is 34.9 Å². The molecule has 7 heteroatoms. The van der Waals surface area contributed by atoms with Crippen LogP contribution in [0, 0.1) is 5.82 Å². The average molecular weight is 292 g/mol. The highest BCUT2D eigenvalue weighted by Gasteiger charge is 2.10. The van der Waals surface area contributed by atoms with E-state index in [9.17, 15) is 9.18 Å². The number of hydrogen-bond acceptors (Lipinski definition) is 5. The molecule has 0 bridgehead atoms. The lowest BCUT2D eigenvalue weighted by molar-refractivity contribution is -0.145. The van der Waals surface area contributed by atoms with Crippen LogP contribution in [-0.2, 0) is 29.1 Å². The highest BCUT2D eigenvalue weighted by Crippen LogP contribution is 2.09. The summed E-state index contributed by atoms with van der Waals surface area (Å²) in [4.78, 5) is 11.7. The first-order chi connectivity index (χ1) is 10.2. The van der Waals surface area contributed by atoms with E-state index in [2.05, 4.69) is 15.5 Å². The highest BCUT2D eigenvalue weighted by molar-refractivity contribution is 5.69. The lowest BCUT2D eigenvalue weighted by Crippen LogP contribution is -2.11. The van der Waals surface area contributed by atoms with Gasteiger partial charge in [0.15, 0.2) is 12.4 Å². The zero-order chi connectivity index (χ0) is 15.1. The van der Waals surface area contributed by atoms with Crippen molar-refractivity contribution in [2.45, 2.75) is 39.3 Å². The zero-order valence-electron chi connectivity index (χ0n) is 11.8. The van der Waals surface area contributed by atoms with E-state index in [1.807, 2.05) is 6.92 Å². The summed E-state index contributed by atoms with van der Waals surface area (Å²) in [6.07, 6.45) is 1.32. The van der Waals surface area contributed by atoms with E-state index >= 15 is 0 Å². The molecule has 0 fully saturated rings. The Labute approximate surface area is 121 Å². The molecule has 1 aromatic carbocycles. The van der Waals surface area contributed by atoms with Crippen LogP contribution >= 0.6 is 0 Å². The van der Waals surface area contributed by atoms with E-state index in [0.29, 0.717) is 24.4 Å². The number of hydrogen-bond donors (Lipinski definition) is 0. The van der Waals surface area contributed by atoms with Crippen LogP contribution < -0.4 is 0 Å². The molecule has 6 nitrogen and oxygen atoms in total. The number of nitrogens with zero attached hydrogens (tertiary/aromatic N) is 4. The monoisotopic (exact) mass is 292 g/mol. The van der Waals surface area contributed by atoms with Crippen molar-refractivity contribution in [1.82, 2.24) is 20.2 Å². The van der Waals surface area contributed by atoms with Gasteiger partial charge in [0.25, 0.3) is 0 Å². The molecule has 0 spiro atoms. The van der Waals surface area contributed by atoms with Crippen molar-refractivity contribution in [3.63, 3.8) is 0 Å². The van der Waals surface area contributed by atoms with Crippen LogP contribution in [0.25, 0.3) is 0 Å². The number of halogens is 1. The lowest BCUT2D eigenvalue weighted by atomic mass is 10.1. The predicted octanol–water partition coefficient (Wildman–Crippen LogP) is 1.90. The molecule has 0 aliphatic heterocycles. The van der Waals surface area contributed by atoms with Gasteiger partial charge in [-0.15, -0.1) is 5.10 Å². The maximum atomic E-state index is 13.4. The Bertz CT molecular complexity index is 600. The fourth-order valence-corrected chi connectivity index (χ4v) is 1.87. The van der Waals surface area contributed by atoms with Gasteiger partial charge in [-0.3, -0.25) is 4.79 Å². The molecule has 0 amide bonds. The maximum Gasteiger partial charge on any atom is 0.306 e. The number of rotatable bonds is 7. The second-order valence-electron chi connectivity index (χ2n) is 4.57. The number of aryl methyl sites for hydroxylation is 2. The maximum absolute atomic E-state index is 13.4. The molecule has 0 atom stereocenters. The molecule has 0 N–H and O–H groups in total. The summed E-state index contributed by atoms with van der Waals surface area (Å²) in [7, 11) is 0. The fourth-order valence-electron chi connectivity index (χ4n) is 1.87. The van der Waals surface area contributed by atoms with Crippen molar-refractivity contribution in [2.24, 2.45) is 0 Å². The predicted molar refractivity (Wildman–Crippen MR) is 72.6 cm³/mol. The van der Waals surface area contributed by atoms with Crippen LogP contribution in [0.2, 0.25) is 0 Å². The first kappa shape index (κ1) is 15.1. The van der Waals surface area contributed by atoms with Crippen LogP contribution in [0.3, 0.4) is 0 Å². The highest BCUT2D eigenvalue weighted by atomic mass is 19.1. The van der Waals surface area contributed by atoms with Crippen LogP contribution in [0.5, 0.6) is 0 Å². The molecule has 0 unspecified atom stereocenters. The zero-order valence-corrected chi connectivity index (χ0v) is 11.8. The minimum atomic E-state index is -0.399. The lowest BCUT2D eigenvalue weighted by Gasteiger charge is -2.05. The van der Waals surface area contributed by atoms with E-state index in [1.165, 1.54) is 6.07 Å². The summed E-state index contributed by atoms with van der Waals surface area (Å²) >= 11 is 0. The second-order valence-corrected chi connectivity index (χ2v) is 4.57. The first-order valence-electron chi connectivity index (χ1n) is 6.84. The van der Waals surface area contributed by atoms with E-state index in [-0.39, 0.29) is 18.8 Å². The summed E-state index contributed by atoms with van der Waals surface area (Å²) in [5.41, 5.74) is 0.505. The smallest absolute Gasteiger partial charge is 0.306 e. The van der Waals surface area contributed by atoms with Crippen molar-refractivity contribution >= 4 is 5.97 Å². The van der Waals surface area contributed by atoms with Crippen molar-refractivity contribution in [3.05, 3.63) is 41.5 Å². The molecule has 1 heterocycles. The van der Waals surface area contributed by atoms with Gasteiger partial charge in [0.1, 0.15) is 5.82 Å². The number of benzene rings is 1. The van der Waals surface area contributed by atoms with Gasteiger partial charge >= 0.3 is 5.97 Å². The molecular formula is C14H17FN4O2. The summed E-state index contributed by atoms with van der Waals surface area (Å²) < 4.78 is 20.1. The minimum absolute atomic E-state index is 0.0309. The average Bonchev–Trinajstić information content (AvgIpc) is 2.92. The molecule has 0 aliphatic carbocycles. The molecular weight excluding hydrogens is 275 g/mol. The summed E-state index contributed by atoms with van der Waals surface area (Å²) in [6.45, 7) is 2.71. The van der Waals surface area contributed by atoms with Crippen molar-refractivity contribution in [2.75, 3.05) is 0 Å². The number of aromatic nitrogens is 4. The molecule has 112 valence electrons. The minimum Gasteiger partial charge on any atom is -0.457 e. The number of ether oxygens (including phenoxy) is 1. The molecule has 1 aromatic heterocycles. The number of carbonyl (C=O) groups is 1. The fraction of sp³-hybridized carbons (Fsp3) is 0.429. The Morgan fingerprint density at radius 1 is 1.38 bits per heavy atom. The largest absolute Gasteiger partial charge is 0.457 e. The Kier molecular flexibility index (Phi) is 5.36. The second kappa shape index (κ2) is 7.47. The van der Waals surface area contributed by atoms with Gasteiger partial charge in [0.2, 0.25) is 0 Å². The molecule has 0 aliphatic rings. The van der Waals surface area contributed by atoms with E-state index in [4.69, 9.17) is 4.74 Å². The van der Waals surface area contributed by atoms with Crippen LogP contribution in [0.1, 0.15) is 31.2 Å². The van der Waals surface area contributed by atoms with Crippen molar-refractivity contribution in [1.29, 1.82) is 0 Å². The quantitative estimate of drug-likeness (QED) is 0.729. The van der Waals surface area contributed by atoms with Gasteiger partial charge in [0, 0.05) is 13.0 Å². The van der Waals surface area contributed by atoms with Gasteiger partial charge in [-0.2, -0.15) is 0 Å². The van der Waals surface area contributed by atoms with E-state index in [0.717, 1.165) is 6.42 Å². The van der Waals surface area contributed by atoms with Gasteiger partial charge < -0.3 is 4.74 Å².